The highest BCUT2D eigenvalue weighted by atomic mass is 35.5. The number of hydrogen-bond acceptors (Lipinski definition) is 5. The van der Waals surface area contributed by atoms with Crippen molar-refractivity contribution >= 4 is 34.7 Å². The quantitative estimate of drug-likeness (QED) is 0.316. The first-order valence-corrected chi connectivity index (χ1v) is 10.6. The molecule has 4 rings (SSSR count). The van der Waals surface area contributed by atoms with Gasteiger partial charge in [-0.3, -0.25) is 14.5 Å². The van der Waals surface area contributed by atoms with E-state index >= 15 is 0 Å². The summed E-state index contributed by atoms with van der Waals surface area (Å²) in [6, 6.07) is 18.0. The van der Waals surface area contributed by atoms with Crippen molar-refractivity contribution in [2.24, 2.45) is 0 Å². The lowest BCUT2D eigenvalue weighted by atomic mass is 9.94. The molecule has 1 fully saturated rings. The number of anilines is 1. The van der Waals surface area contributed by atoms with E-state index in [-0.39, 0.29) is 11.3 Å². The minimum atomic E-state index is -0.899. The van der Waals surface area contributed by atoms with Gasteiger partial charge in [-0.15, -0.1) is 0 Å². The first-order valence-electron chi connectivity index (χ1n) is 10.2. The number of aliphatic hydroxyl groups excluding tert-OH is 1. The molecular weight excluding hydrogens is 442 g/mol. The van der Waals surface area contributed by atoms with Gasteiger partial charge in [0.1, 0.15) is 17.3 Å². The van der Waals surface area contributed by atoms with E-state index < -0.39 is 17.7 Å². The first-order chi connectivity index (χ1) is 15.9. The van der Waals surface area contributed by atoms with Crippen molar-refractivity contribution in [2.75, 3.05) is 19.1 Å². The lowest BCUT2D eigenvalue weighted by molar-refractivity contribution is -0.132. The Morgan fingerprint density at radius 1 is 0.970 bits per heavy atom. The number of aryl methyl sites for hydroxylation is 1. The number of benzene rings is 3. The Morgan fingerprint density at radius 3 is 2.42 bits per heavy atom. The third-order valence-corrected chi connectivity index (χ3v) is 6.06. The van der Waals surface area contributed by atoms with E-state index in [4.69, 9.17) is 21.1 Å². The van der Waals surface area contributed by atoms with Gasteiger partial charge in [0.25, 0.3) is 11.7 Å². The first kappa shape index (κ1) is 22.4. The van der Waals surface area contributed by atoms with Crippen molar-refractivity contribution in [3.8, 4) is 11.5 Å². The van der Waals surface area contributed by atoms with Crippen LogP contribution in [0.5, 0.6) is 11.5 Å². The van der Waals surface area contributed by atoms with Crippen LogP contribution in [0.2, 0.25) is 5.02 Å². The summed E-state index contributed by atoms with van der Waals surface area (Å²) >= 11 is 6.33. The highest BCUT2D eigenvalue weighted by Gasteiger charge is 2.47. The van der Waals surface area contributed by atoms with Crippen molar-refractivity contribution in [3.05, 3.63) is 94.0 Å². The molecule has 0 radical (unpaired) electrons. The number of hydrogen-bond donors (Lipinski definition) is 1. The van der Waals surface area contributed by atoms with Crippen molar-refractivity contribution in [2.45, 2.75) is 13.0 Å². The fourth-order valence-corrected chi connectivity index (χ4v) is 4.12. The minimum Gasteiger partial charge on any atom is -0.507 e. The number of ketones is 1. The second-order valence-corrected chi connectivity index (χ2v) is 7.99. The van der Waals surface area contributed by atoms with Gasteiger partial charge in [-0.05, 0) is 54.4 Å². The molecule has 1 unspecified atom stereocenters. The molecule has 0 spiro atoms. The molecule has 3 aromatic rings. The molecule has 0 aromatic heterocycles. The van der Waals surface area contributed by atoms with Crippen molar-refractivity contribution in [1.82, 2.24) is 0 Å². The lowest BCUT2D eigenvalue weighted by Gasteiger charge is -2.26. The molecule has 0 bridgehead atoms. The molecular formula is C26H22ClNO5. The average Bonchev–Trinajstić information content (AvgIpc) is 3.10. The van der Waals surface area contributed by atoms with E-state index in [0.29, 0.717) is 33.3 Å². The standard InChI is InChI=1S/C26H22ClNO5/c1-15-11-12-17(14-20(15)27)28-23(16-7-6-8-18(13-16)32-2)22(25(30)26(28)31)24(29)19-9-4-5-10-21(19)33-3/h4-14,23,29H,1-3H3/b24-22+. The normalized spacial score (nSPS) is 17.3. The highest BCUT2D eigenvalue weighted by Crippen LogP contribution is 2.44. The van der Waals surface area contributed by atoms with Gasteiger partial charge >= 0.3 is 0 Å². The molecule has 1 N–H and O–H groups in total. The molecule has 1 heterocycles. The number of para-hydroxylation sites is 1. The zero-order valence-electron chi connectivity index (χ0n) is 18.3. The lowest BCUT2D eigenvalue weighted by Crippen LogP contribution is -2.29. The molecule has 3 aromatic carbocycles. The molecule has 1 saturated heterocycles. The molecule has 1 amide bonds. The Hall–Kier alpha value is -3.77. The summed E-state index contributed by atoms with van der Waals surface area (Å²) in [6.45, 7) is 1.85. The molecule has 7 heteroatoms. The van der Waals surface area contributed by atoms with Crippen LogP contribution in [0.25, 0.3) is 5.76 Å². The van der Waals surface area contributed by atoms with Gasteiger partial charge in [-0.25, -0.2) is 0 Å². The molecule has 1 atom stereocenters. The van der Waals surface area contributed by atoms with Crippen LogP contribution in [-0.2, 0) is 9.59 Å². The number of aliphatic hydroxyl groups is 1. The zero-order valence-corrected chi connectivity index (χ0v) is 19.1. The third-order valence-electron chi connectivity index (χ3n) is 5.65. The fourth-order valence-electron chi connectivity index (χ4n) is 3.94. The number of methoxy groups -OCH3 is 2. The van der Waals surface area contributed by atoms with Crippen molar-refractivity contribution < 1.29 is 24.2 Å². The predicted molar refractivity (Wildman–Crippen MR) is 127 cm³/mol. The van der Waals surface area contributed by atoms with Gasteiger partial charge < -0.3 is 14.6 Å². The molecule has 0 aliphatic carbocycles. The second-order valence-electron chi connectivity index (χ2n) is 7.58. The van der Waals surface area contributed by atoms with E-state index in [1.165, 1.54) is 19.1 Å². The second kappa shape index (κ2) is 9.00. The Bertz CT molecular complexity index is 1280. The number of ether oxygens (including phenoxy) is 2. The topological polar surface area (TPSA) is 76.1 Å². The zero-order chi connectivity index (χ0) is 23.7. The number of carbonyl (C=O) groups is 2. The molecule has 0 saturated carbocycles. The number of nitrogens with zero attached hydrogens (tertiary/aromatic N) is 1. The van der Waals surface area contributed by atoms with E-state index in [1.54, 1.807) is 66.7 Å². The Morgan fingerprint density at radius 2 is 1.73 bits per heavy atom. The van der Waals surface area contributed by atoms with E-state index in [0.717, 1.165) is 5.56 Å². The summed E-state index contributed by atoms with van der Waals surface area (Å²) in [4.78, 5) is 27.9. The van der Waals surface area contributed by atoms with Crippen LogP contribution >= 0.6 is 11.6 Å². The van der Waals surface area contributed by atoms with Gasteiger partial charge in [0, 0.05) is 10.7 Å². The summed E-state index contributed by atoms with van der Waals surface area (Å²) in [7, 11) is 3.00. The third kappa shape index (κ3) is 3.94. The van der Waals surface area contributed by atoms with Gasteiger partial charge in [0.15, 0.2) is 0 Å². The van der Waals surface area contributed by atoms with Gasteiger partial charge in [0.2, 0.25) is 0 Å². The van der Waals surface area contributed by atoms with Crippen LogP contribution in [0.4, 0.5) is 5.69 Å². The van der Waals surface area contributed by atoms with Crippen LogP contribution in [0.15, 0.2) is 72.3 Å². The highest BCUT2D eigenvalue weighted by molar-refractivity contribution is 6.52. The Kier molecular flexibility index (Phi) is 6.11. The van der Waals surface area contributed by atoms with Gasteiger partial charge in [0.05, 0.1) is 31.4 Å². The van der Waals surface area contributed by atoms with Gasteiger partial charge in [-0.1, -0.05) is 41.9 Å². The maximum Gasteiger partial charge on any atom is 0.300 e. The monoisotopic (exact) mass is 463 g/mol. The number of halogens is 1. The summed E-state index contributed by atoms with van der Waals surface area (Å²) in [5, 5.41) is 11.7. The average molecular weight is 464 g/mol. The van der Waals surface area contributed by atoms with Crippen LogP contribution in [0, 0.1) is 6.92 Å². The summed E-state index contributed by atoms with van der Waals surface area (Å²) in [5.74, 6) is -0.956. The number of carbonyl (C=O) groups excluding carboxylic acids is 2. The van der Waals surface area contributed by atoms with Crippen LogP contribution in [-0.4, -0.2) is 31.0 Å². The molecule has 168 valence electrons. The maximum atomic E-state index is 13.3. The number of amides is 1. The van der Waals surface area contributed by atoms with Crippen LogP contribution in [0.3, 0.4) is 0 Å². The summed E-state index contributed by atoms with van der Waals surface area (Å²) in [6.07, 6.45) is 0. The minimum absolute atomic E-state index is 0.0468. The Labute approximate surface area is 196 Å². The number of rotatable bonds is 5. The maximum absolute atomic E-state index is 13.3. The SMILES string of the molecule is COc1cccc(C2/C(=C(\O)c3ccccc3OC)C(=O)C(=O)N2c2ccc(C)c(Cl)c2)c1. The molecule has 1 aliphatic heterocycles. The molecule has 1 aliphatic rings. The largest absolute Gasteiger partial charge is 0.507 e. The number of Topliss-reactive ketones (excluding diaryl/α,β-unsaturated/α-hetero) is 1. The van der Waals surface area contributed by atoms with E-state index in [1.807, 2.05) is 6.92 Å². The smallest absolute Gasteiger partial charge is 0.300 e. The summed E-state index contributed by atoms with van der Waals surface area (Å²) < 4.78 is 10.7. The van der Waals surface area contributed by atoms with Gasteiger partial charge in [-0.2, -0.15) is 0 Å². The van der Waals surface area contributed by atoms with E-state index in [9.17, 15) is 14.7 Å². The molecule has 33 heavy (non-hydrogen) atoms. The van der Waals surface area contributed by atoms with Crippen molar-refractivity contribution in [1.29, 1.82) is 0 Å². The van der Waals surface area contributed by atoms with Crippen LogP contribution < -0.4 is 14.4 Å². The predicted octanol–water partition coefficient (Wildman–Crippen LogP) is 5.29. The summed E-state index contributed by atoms with van der Waals surface area (Å²) in [5.41, 5.74) is 2.15. The Balaban J connectivity index is 1.99. The van der Waals surface area contributed by atoms with E-state index in [2.05, 4.69) is 0 Å². The fraction of sp³-hybridized carbons (Fsp3) is 0.154. The molecule has 6 nitrogen and oxygen atoms in total. The van der Waals surface area contributed by atoms with Crippen molar-refractivity contribution in [3.63, 3.8) is 0 Å². The van der Waals surface area contributed by atoms with Crippen LogP contribution in [0.1, 0.15) is 22.7 Å².